The maximum absolute atomic E-state index is 12.5. The molecule has 0 spiro atoms. The van der Waals surface area contributed by atoms with E-state index in [1.807, 2.05) is 49.3 Å². The first-order valence-corrected chi connectivity index (χ1v) is 9.14. The number of carbonyl (C=O) groups excluding carboxylic acids is 1. The third-order valence-corrected chi connectivity index (χ3v) is 5.33. The van der Waals surface area contributed by atoms with Gasteiger partial charge in [0.15, 0.2) is 5.58 Å². The molecule has 1 N–H and O–H groups in total. The van der Waals surface area contributed by atoms with Crippen LogP contribution in [0, 0.1) is 0 Å². The van der Waals surface area contributed by atoms with Crippen molar-refractivity contribution in [3.8, 4) is 0 Å². The Kier molecular flexibility index (Phi) is 4.38. The topological polar surface area (TPSA) is 71.3 Å². The van der Waals surface area contributed by atoms with E-state index < -0.39 is 0 Å². The molecule has 4 rings (SSSR count). The number of fused-ring (bicyclic) bond motifs is 1. The van der Waals surface area contributed by atoms with Crippen LogP contribution in [0.4, 0.5) is 5.69 Å². The van der Waals surface area contributed by atoms with Crippen LogP contribution in [0.3, 0.4) is 0 Å². The van der Waals surface area contributed by atoms with E-state index in [4.69, 9.17) is 4.42 Å². The fraction of sp³-hybridized carbons (Fsp3) is 0.211. The number of amides is 1. The fourth-order valence-corrected chi connectivity index (χ4v) is 3.78. The van der Waals surface area contributed by atoms with Gasteiger partial charge in [0.2, 0.25) is 5.89 Å². The zero-order chi connectivity index (χ0) is 18.1. The lowest BCUT2D eigenvalue weighted by Crippen LogP contribution is -2.21. The summed E-state index contributed by atoms with van der Waals surface area (Å²) in [6.45, 7) is 0. The van der Waals surface area contributed by atoms with Gasteiger partial charge in [-0.1, -0.05) is 23.9 Å². The van der Waals surface area contributed by atoms with Crippen molar-refractivity contribution in [1.29, 1.82) is 0 Å². The number of nitrogens with one attached hydrogen (secondary N) is 1. The van der Waals surface area contributed by atoms with E-state index >= 15 is 0 Å². The van der Waals surface area contributed by atoms with Crippen molar-refractivity contribution in [3.05, 3.63) is 65.3 Å². The number of rotatable bonds is 4. The molecule has 3 aromatic rings. The standard InChI is InChI=1S/C19H18N4O2S/c1-23(2)13-5-3-4-12(10-13)18(24)22-17-7-6-16(26-17)19-21-14-11-20-9-8-15(14)25-19/h3-5,7-11,16H,6H2,1-2H3,(H,22,24). The molecule has 0 aliphatic carbocycles. The highest BCUT2D eigenvalue weighted by atomic mass is 32.2. The maximum Gasteiger partial charge on any atom is 0.256 e. The number of pyridine rings is 1. The van der Waals surface area contributed by atoms with Gasteiger partial charge >= 0.3 is 0 Å². The van der Waals surface area contributed by atoms with Crippen molar-refractivity contribution in [3.63, 3.8) is 0 Å². The van der Waals surface area contributed by atoms with E-state index in [-0.39, 0.29) is 11.2 Å². The number of hydrogen-bond donors (Lipinski definition) is 1. The molecular formula is C19H18N4O2S. The SMILES string of the molecule is CN(C)c1cccc(C(=O)NC2=CCC(c3nc4cnccc4o3)S2)c1. The number of hydrogen-bond acceptors (Lipinski definition) is 6. The lowest BCUT2D eigenvalue weighted by molar-refractivity contribution is 0.0969. The minimum atomic E-state index is -0.116. The highest BCUT2D eigenvalue weighted by Gasteiger charge is 2.26. The summed E-state index contributed by atoms with van der Waals surface area (Å²) >= 11 is 1.55. The second-order valence-corrected chi connectivity index (χ2v) is 7.45. The Morgan fingerprint density at radius 2 is 2.23 bits per heavy atom. The molecule has 1 unspecified atom stereocenters. The first-order valence-electron chi connectivity index (χ1n) is 8.26. The molecule has 0 saturated carbocycles. The summed E-state index contributed by atoms with van der Waals surface area (Å²) in [6.07, 6.45) is 6.15. The normalized spacial score (nSPS) is 16.5. The number of allylic oxidation sites excluding steroid dienone is 1. The summed E-state index contributed by atoms with van der Waals surface area (Å²) in [5.74, 6) is 0.544. The van der Waals surface area contributed by atoms with Crippen molar-refractivity contribution in [2.24, 2.45) is 0 Å². The first-order chi connectivity index (χ1) is 12.6. The Labute approximate surface area is 155 Å². The van der Waals surface area contributed by atoms with Crippen molar-refractivity contribution in [1.82, 2.24) is 15.3 Å². The highest BCUT2D eigenvalue weighted by molar-refractivity contribution is 8.03. The zero-order valence-electron chi connectivity index (χ0n) is 14.5. The molecule has 7 heteroatoms. The van der Waals surface area contributed by atoms with Gasteiger partial charge in [-0.2, -0.15) is 0 Å². The van der Waals surface area contributed by atoms with Crippen molar-refractivity contribution in [2.75, 3.05) is 19.0 Å². The minimum Gasteiger partial charge on any atom is -0.439 e. The molecule has 1 aliphatic heterocycles. The van der Waals surface area contributed by atoms with E-state index in [1.165, 1.54) is 0 Å². The Bertz CT molecular complexity index is 963. The molecule has 1 aliphatic rings. The molecule has 1 aromatic carbocycles. The summed E-state index contributed by atoms with van der Waals surface area (Å²) < 4.78 is 5.81. The molecule has 0 fully saturated rings. The monoisotopic (exact) mass is 366 g/mol. The molecule has 3 heterocycles. The molecule has 6 nitrogen and oxygen atoms in total. The van der Waals surface area contributed by atoms with Crippen LogP contribution in [-0.4, -0.2) is 30.0 Å². The molecule has 2 aromatic heterocycles. The summed E-state index contributed by atoms with van der Waals surface area (Å²) in [6, 6.07) is 9.35. The quantitative estimate of drug-likeness (QED) is 0.758. The smallest absolute Gasteiger partial charge is 0.256 e. The van der Waals surface area contributed by atoms with Crippen molar-refractivity contribution in [2.45, 2.75) is 11.7 Å². The molecule has 1 amide bonds. The lowest BCUT2D eigenvalue weighted by Gasteiger charge is -2.13. The third kappa shape index (κ3) is 3.30. The van der Waals surface area contributed by atoms with Gasteiger partial charge in [-0.25, -0.2) is 4.98 Å². The highest BCUT2D eigenvalue weighted by Crippen LogP contribution is 2.42. The number of oxazole rings is 1. The zero-order valence-corrected chi connectivity index (χ0v) is 15.3. The molecule has 0 bridgehead atoms. The van der Waals surface area contributed by atoms with Crippen LogP contribution in [0.25, 0.3) is 11.1 Å². The third-order valence-electron chi connectivity index (χ3n) is 4.13. The van der Waals surface area contributed by atoms with Gasteiger partial charge in [-0.05, 0) is 24.6 Å². The number of thioether (sulfide) groups is 1. The van der Waals surface area contributed by atoms with Crippen LogP contribution in [0.2, 0.25) is 0 Å². The summed E-state index contributed by atoms with van der Waals surface area (Å²) in [4.78, 5) is 23.1. The molecule has 132 valence electrons. The summed E-state index contributed by atoms with van der Waals surface area (Å²) in [5, 5.41) is 3.87. The average Bonchev–Trinajstić information content (AvgIpc) is 3.28. The number of carbonyl (C=O) groups is 1. The van der Waals surface area contributed by atoms with E-state index in [0.29, 0.717) is 11.5 Å². The molecule has 0 saturated heterocycles. The molecule has 26 heavy (non-hydrogen) atoms. The Balaban J connectivity index is 1.44. The molecular weight excluding hydrogens is 348 g/mol. The molecule has 1 atom stereocenters. The number of anilines is 1. The van der Waals surface area contributed by atoms with Crippen LogP contribution in [0.5, 0.6) is 0 Å². The summed E-state index contributed by atoms with van der Waals surface area (Å²) in [7, 11) is 3.90. The summed E-state index contributed by atoms with van der Waals surface area (Å²) in [5.41, 5.74) is 3.10. The Morgan fingerprint density at radius 1 is 1.35 bits per heavy atom. The van der Waals surface area contributed by atoms with E-state index in [2.05, 4.69) is 15.3 Å². The van der Waals surface area contributed by atoms with E-state index in [0.717, 1.165) is 28.2 Å². The molecule has 0 radical (unpaired) electrons. The number of nitrogens with zero attached hydrogens (tertiary/aromatic N) is 3. The van der Waals surface area contributed by atoms with Gasteiger partial charge < -0.3 is 14.6 Å². The van der Waals surface area contributed by atoms with E-state index in [1.54, 1.807) is 30.2 Å². The van der Waals surface area contributed by atoms with Gasteiger partial charge in [0, 0.05) is 37.6 Å². The fourth-order valence-electron chi connectivity index (χ4n) is 2.74. The number of benzene rings is 1. The second kappa shape index (κ2) is 6.84. The van der Waals surface area contributed by atoms with Gasteiger partial charge in [-0.15, -0.1) is 0 Å². The van der Waals surface area contributed by atoms with E-state index in [9.17, 15) is 4.79 Å². The second-order valence-electron chi connectivity index (χ2n) is 6.20. The predicted octanol–water partition coefficient (Wildman–Crippen LogP) is 3.74. The minimum absolute atomic E-state index is 0.0609. The first kappa shape index (κ1) is 16.7. The van der Waals surface area contributed by atoms with Crippen LogP contribution < -0.4 is 10.2 Å². The Hall–Kier alpha value is -2.80. The van der Waals surface area contributed by atoms with Crippen LogP contribution in [0.15, 0.2) is 58.2 Å². The largest absolute Gasteiger partial charge is 0.439 e. The number of aromatic nitrogens is 2. The average molecular weight is 366 g/mol. The van der Waals surface area contributed by atoms with Gasteiger partial charge in [0.1, 0.15) is 5.52 Å². The van der Waals surface area contributed by atoms with Gasteiger partial charge in [0.25, 0.3) is 5.91 Å². The van der Waals surface area contributed by atoms with Crippen LogP contribution >= 0.6 is 11.8 Å². The van der Waals surface area contributed by atoms with Crippen molar-refractivity contribution >= 4 is 34.5 Å². The Morgan fingerprint density at radius 3 is 3.04 bits per heavy atom. The predicted molar refractivity (Wildman–Crippen MR) is 103 cm³/mol. The maximum atomic E-state index is 12.5. The van der Waals surface area contributed by atoms with Crippen LogP contribution in [-0.2, 0) is 0 Å². The van der Waals surface area contributed by atoms with Crippen molar-refractivity contribution < 1.29 is 9.21 Å². The van der Waals surface area contributed by atoms with Gasteiger partial charge in [0.05, 0.1) is 16.5 Å². The van der Waals surface area contributed by atoms with Crippen LogP contribution in [0.1, 0.15) is 27.9 Å². The lowest BCUT2D eigenvalue weighted by atomic mass is 10.2. The van der Waals surface area contributed by atoms with Gasteiger partial charge in [-0.3, -0.25) is 9.78 Å².